The lowest BCUT2D eigenvalue weighted by Crippen LogP contribution is -2.14. The third kappa shape index (κ3) is 4.05. The largest absolute Gasteiger partial charge is 0.306 e. The van der Waals surface area contributed by atoms with E-state index in [-0.39, 0.29) is 0 Å². The fourth-order valence-corrected chi connectivity index (χ4v) is 4.22. The highest BCUT2D eigenvalue weighted by molar-refractivity contribution is 7.07. The molecule has 0 aliphatic rings. The SMILES string of the molecule is CN=c1scc(-c2ccc(Cl)cc2Cl)n1N=C(C)c1ccc(-n2ccnc2)cc1. The highest BCUT2D eigenvalue weighted by Crippen LogP contribution is 2.30. The number of thiazole rings is 1. The fourth-order valence-electron chi connectivity index (χ4n) is 2.92. The van der Waals surface area contributed by atoms with Crippen molar-refractivity contribution in [2.75, 3.05) is 7.05 Å². The van der Waals surface area contributed by atoms with Gasteiger partial charge in [0.25, 0.3) is 0 Å². The minimum atomic E-state index is 0.573. The van der Waals surface area contributed by atoms with Gasteiger partial charge >= 0.3 is 0 Å². The molecule has 146 valence electrons. The third-order valence-corrected chi connectivity index (χ3v) is 5.88. The van der Waals surface area contributed by atoms with Gasteiger partial charge < -0.3 is 4.57 Å². The summed E-state index contributed by atoms with van der Waals surface area (Å²) in [6.07, 6.45) is 5.44. The summed E-state index contributed by atoms with van der Waals surface area (Å²) in [4.78, 5) is 9.22. The summed E-state index contributed by atoms with van der Waals surface area (Å²) in [5.74, 6) is 0. The number of nitrogens with zero attached hydrogens (tertiary/aromatic N) is 5. The van der Waals surface area contributed by atoms with E-state index in [1.165, 1.54) is 11.3 Å². The summed E-state index contributed by atoms with van der Waals surface area (Å²) < 4.78 is 3.78. The number of rotatable bonds is 4. The van der Waals surface area contributed by atoms with Gasteiger partial charge in [0.15, 0.2) is 0 Å². The van der Waals surface area contributed by atoms with E-state index < -0.39 is 0 Å². The highest BCUT2D eigenvalue weighted by atomic mass is 35.5. The zero-order valence-electron chi connectivity index (χ0n) is 15.8. The van der Waals surface area contributed by atoms with Crippen LogP contribution in [0.4, 0.5) is 0 Å². The maximum absolute atomic E-state index is 6.43. The number of hydrogen-bond donors (Lipinski definition) is 0. The van der Waals surface area contributed by atoms with Crippen molar-refractivity contribution in [3.05, 3.63) is 87.0 Å². The molecule has 5 nitrogen and oxygen atoms in total. The quantitative estimate of drug-likeness (QED) is 0.385. The molecule has 0 saturated heterocycles. The molecule has 4 aromatic rings. The van der Waals surface area contributed by atoms with Gasteiger partial charge in [-0.05, 0) is 42.8 Å². The van der Waals surface area contributed by atoms with Crippen LogP contribution in [-0.2, 0) is 0 Å². The van der Waals surface area contributed by atoms with Crippen LogP contribution < -0.4 is 4.80 Å². The van der Waals surface area contributed by atoms with Crippen LogP contribution >= 0.6 is 34.5 Å². The van der Waals surface area contributed by atoms with Crippen LogP contribution in [0.2, 0.25) is 10.0 Å². The second kappa shape index (κ2) is 8.37. The zero-order chi connectivity index (χ0) is 20.4. The average Bonchev–Trinajstić information content (AvgIpc) is 3.38. The van der Waals surface area contributed by atoms with Crippen LogP contribution in [0.3, 0.4) is 0 Å². The van der Waals surface area contributed by atoms with Crippen LogP contribution in [0.25, 0.3) is 16.9 Å². The molecule has 8 heteroatoms. The van der Waals surface area contributed by atoms with Gasteiger partial charge in [0, 0.05) is 41.1 Å². The Labute approximate surface area is 182 Å². The first-order valence-corrected chi connectivity index (χ1v) is 10.4. The number of halogens is 2. The molecule has 0 radical (unpaired) electrons. The highest BCUT2D eigenvalue weighted by Gasteiger charge is 2.12. The van der Waals surface area contributed by atoms with Gasteiger partial charge in [0.05, 0.1) is 22.8 Å². The first-order chi connectivity index (χ1) is 14.1. The van der Waals surface area contributed by atoms with Crippen molar-refractivity contribution >= 4 is 40.3 Å². The standard InChI is InChI=1S/C21H17Cl2N5S/c1-14(15-3-6-17(7-4-15)27-10-9-25-13-27)26-28-20(12-29-21(28)24-2)18-8-5-16(22)11-19(18)23/h3-13H,1-2H3. The topological polar surface area (TPSA) is 47.5 Å². The Morgan fingerprint density at radius 1 is 1.10 bits per heavy atom. The summed E-state index contributed by atoms with van der Waals surface area (Å²) in [5.41, 5.74) is 4.64. The van der Waals surface area contributed by atoms with Crippen molar-refractivity contribution < 1.29 is 0 Å². The van der Waals surface area contributed by atoms with E-state index >= 15 is 0 Å². The molecule has 0 spiro atoms. The molecule has 0 unspecified atom stereocenters. The Morgan fingerprint density at radius 3 is 2.55 bits per heavy atom. The third-order valence-electron chi connectivity index (χ3n) is 4.42. The van der Waals surface area contributed by atoms with Crippen LogP contribution in [-0.4, -0.2) is 27.0 Å². The zero-order valence-corrected chi connectivity index (χ0v) is 18.1. The van der Waals surface area contributed by atoms with Gasteiger partial charge in [-0.15, -0.1) is 11.3 Å². The molecule has 0 bridgehead atoms. The smallest absolute Gasteiger partial charge is 0.205 e. The Kier molecular flexibility index (Phi) is 5.67. The van der Waals surface area contributed by atoms with Crippen molar-refractivity contribution in [2.24, 2.45) is 10.1 Å². The fraction of sp³-hybridized carbons (Fsp3) is 0.0952. The monoisotopic (exact) mass is 441 g/mol. The van der Waals surface area contributed by atoms with E-state index in [1.54, 1.807) is 25.6 Å². The summed E-state index contributed by atoms with van der Waals surface area (Å²) in [5, 5.41) is 8.00. The molecule has 2 aromatic heterocycles. The minimum absolute atomic E-state index is 0.573. The van der Waals surface area contributed by atoms with Gasteiger partial charge in [-0.1, -0.05) is 35.3 Å². The van der Waals surface area contributed by atoms with E-state index in [0.29, 0.717) is 10.0 Å². The van der Waals surface area contributed by atoms with Gasteiger partial charge in [-0.2, -0.15) is 5.10 Å². The first kappa shape index (κ1) is 19.6. The van der Waals surface area contributed by atoms with Gasteiger partial charge in [0.1, 0.15) is 0 Å². The van der Waals surface area contributed by atoms with Crippen molar-refractivity contribution in [2.45, 2.75) is 6.92 Å². The normalized spacial score (nSPS) is 12.6. The summed E-state index contributed by atoms with van der Waals surface area (Å²) in [6.45, 7) is 1.98. The number of imidazole rings is 1. The average molecular weight is 442 g/mol. The van der Waals surface area contributed by atoms with Crippen molar-refractivity contribution in [3.63, 3.8) is 0 Å². The molecule has 29 heavy (non-hydrogen) atoms. The van der Waals surface area contributed by atoms with Crippen molar-refractivity contribution in [3.8, 4) is 16.9 Å². The van der Waals surface area contributed by atoms with Gasteiger partial charge in [0.2, 0.25) is 4.80 Å². The second-order valence-corrected chi connectivity index (χ2v) is 7.95. The van der Waals surface area contributed by atoms with E-state index in [2.05, 4.69) is 9.98 Å². The Morgan fingerprint density at radius 2 is 1.90 bits per heavy atom. The lowest BCUT2D eigenvalue weighted by atomic mass is 10.1. The lowest BCUT2D eigenvalue weighted by Gasteiger charge is -2.09. The number of aromatic nitrogens is 3. The number of benzene rings is 2. The molecular formula is C21H17Cl2N5S. The molecule has 2 heterocycles. The molecule has 0 fully saturated rings. The van der Waals surface area contributed by atoms with E-state index in [9.17, 15) is 0 Å². The minimum Gasteiger partial charge on any atom is -0.306 e. The van der Waals surface area contributed by atoms with Gasteiger partial charge in [-0.3, -0.25) is 4.99 Å². The molecular weight excluding hydrogens is 425 g/mol. The summed E-state index contributed by atoms with van der Waals surface area (Å²) >= 11 is 14.0. The van der Waals surface area contributed by atoms with Crippen LogP contribution in [0.1, 0.15) is 12.5 Å². The predicted octanol–water partition coefficient (Wildman–Crippen LogP) is 5.51. The van der Waals surface area contributed by atoms with E-state index in [0.717, 1.165) is 33.0 Å². The maximum atomic E-state index is 6.43. The molecule has 2 aromatic carbocycles. The van der Waals surface area contributed by atoms with E-state index in [4.69, 9.17) is 28.3 Å². The molecule has 0 atom stereocenters. The van der Waals surface area contributed by atoms with Crippen LogP contribution in [0.5, 0.6) is 0 Å². The maximum Gasteiger partial charge on any atom is 0.205 e. The summed E-state index contributed by atoms with van der Waals surface area (Å²) in [6, 6.07) is 13.6. The number of hydrogen-bond acceptors (Lipinski definition) is 4. The molecule has 0 aliphatic heterocycles. The Bertz CT molecular complexity index is 1240. The van der Waals surface area contributed by atoms with Crippen molar-refractivity contribution in [1.82, 2.24) is 14.2 Å². The van der Waals surface area contributed by atoms with E-state index in [1.807, 2.05) is 64.1 Å². The first-order valence-electron chi connectivity index (χ1n) is 8.80. The van der Waals surface area contributed by atoms with Crippen molar-refractivity contribution in [1.29, 1.82) is 0 Å². The summed E-state index contributed by atoms with van der Waals surface area (Å²) in [7, 11) is 1.75. The lowest BCUT2D eigenvalue weighted by molar-refractivity contribution is 0.842. The molecule has 0 saturated carbocycles. The van der Waals surface area contributed by atoms with Crippen LogP contribution in [0, 0.1) is 0 Å². The Balaban J connectivity index is 1.75. The molecule has 0 aliphatic carbocycles. The predicted molar refractivity (Wildman–Crippen MR) is 120 cm³/mol. The van der Waals surface area contributed by atoms with Gasteiger partial charge in [-0.25, -0.2) is 9.66 Å². The van der Waals surface area contributed by atoms with Crippen LogP contribution in [0.15, 0.2) is 76.7 Å². The molecule has 4 rings (SSSR count). The Hall–Kier alpha value is -2.67. The second-order valence-electron chi connectivity index (χ2n) is 6.27. The molecule has 0 amide bonds. The molecule has 0 N–H and O–H groups in total.